The van der Waals surface area contributed by atoms with E-state index in [4.69, 9.17) is 0 Å². The van der Waals surface area contributed by atoms with Gasteiger partial charge < -0.3 is 19.7 Å². The van der Waals surface area contributed by atoms with Crippen molar-refractivity contribution in [1.29, 1.82) is 0 Å². The third kappa shape index (κ3) is 3.29. The minimum atomic E-state index is -3.70. The Hall–Kier alpha value is -2.83. The van der Waals surface area contributed by atoms with Crippen molar-refractivity contribution in [2.75, 3.05) is 23.3 Å². The second-order valence-electron chi connectivity index (χ2n) is 6.35. The molecule has 2 aromatic rings. The van der Waals surface area contributed by atoms with E-state index in [0.29, 0.717) is 5.69 Å². The van der Waals surface area contributed by atoms with E-state index >= 15 is 0 Å². The maximum absolute atomic E-state index is 13.1. The molecule has 2 heterocycles. The Bertz CT molecular complexity index is 835. The van der Waals surface area contributed by atoms with Crippen LogP contribution in [0.3, 0.4) is 0 Å². The van der Waals surface area contributed by atoms with Crippen molar-refractivity contribution in [2.24, 2.45) is 0 Å². The quantitative estimate of drug-likeness (QED) is 0.889. The summed E-state index contributed by atoms with van der Waals surface area (Å²) in [5.74, 6) is -0.622. The average Bonchev–Trinajstić information content (AvgIpc) is 2.95. The molecular formula is C19H18F2N2O3. The van der Waals surface area contributed by atoms with E-state index in [2.05, 4.69) is 19.7 Å². The molecule has 2 aliphatic rings. The van der Waals surface area contributed by atoms with E-state index < -0.39 is 12.2 Å². The molecule has 4 rings (SSSR count). The number of nitrogens with zero attached hydrogens (tertiary/aromatic N) is 1. The number of rotatable bonds is 3. The molecule has 0 spiro atoms. The molecular weight excluding hydrogens is 342 g/mol. The summed E-state index contributed by atoms with van der Waals surface area (Å²) in [4.78, 5) is 14.8. The van der Waals surface area contributed by atoms with Gasteiger partial charge in [0.2, 0.25) is 0 Å². The van der Waals surface area contributed by atoms with Gasteiger partial charge in [-0.2, -0.15) is 0 Å². The molecule has 0 radical (unpaired) electrons. The van der Waals surface area contributed by atoms with E-state index in [0.717, 1.165) is 31.6 Å². The zero-order valence-corrected chi connectivity index (χ0v) is 14.0. The van der Waals surface area contributed by atoms with E-state index in [1.165, 1.54) is 24.6 Å². The first-order chi connectivity index (χ1) is 12.5. The number of para-hydroxylation sites is 2. The first-order valence-electron chi connectivity index (χ1n) is 8.57. The Kier molecular flexibility index (Phi) is 4.14. The number of benzene rings is 2. The number of anilines is 2. The second kappa shape index (κ2) is 6.48. The van der Waals surface area contributed by atoms with E-state index in [1.54, 1.807) is 0 Å². The monoisotopic (exact) mass is 360 g/mol. The number of piperidine rings is 1. The topological polar surface area (TPSA) is 50.8 Å². The molecule has 1 amide bonds. The number of hydrogen-bond acceptors (Lipinski definition) is 4. The molecule has 1 saturated heterocycles. The largest absolute Gasteiger partial charge is 0.586 e. The fourth-order valence-corrected chi connectivity index (χ4v) is 3.27. The molecule has 0 aliphatic carbocycles. The standard InChI is InChI=1S/C19H18F2N2O3/c20-19(21)25-16-9-8-13(12-17(16)26-19)18(24)22-14-6-2-3-7-15(14)23-10-4-1-5-11-23/h2-3,6-9,12H,1,4-5,10-11H2,(H,22,24). The van der Waals surface area contributed by atoms with Crippen LogP contribution in [0.2, 0.25) is 0 Å². The van der Waals surface area contributed by atoms with Crippen LogP contribution in [0.5, 0.6) is 11.5 Å². The van der Waals surface area contributed by atoms with Gasteiger partial charge in [0.15, 0.2) is 11.5 Å². The van der Waals surface area contributed by atoms with Crippen molar-refractivity contribution in [3.05, 3.63) is 48.0 Å². The van der Waals surface area contributed by atoms with Gasteiger partial charge in [0.05, 0.1) is 11.4 Å². The molecule has 136 valence electrons. The van der Waals surface area contributed by atoms with Crippen LogP contribution in [0, 0.1) is 0 Å². The Morgan fingerprint density at radius 3 is 2.54 bits per heavy atom. The summed E-state index contributed by atoms with van der Waals surface area (Å²) in [6.07, 6.45) is -0.234. The summed E-state index contributed by atoms with van der Waals surface area (Å²) >= 11 is 0. The van der Waals surface area contributed by atoms with E-state index in [-0.39, 0.29) is 17.1 Å². The van der Waals surface area contributed by atoms with Crippen LogP contribution >= 0.6 is 0 Å². The van der Waals surface area contributed by atoms with Gasteiger partial charge in [-0.15, -0.1) is 8.78 Å². The highest BCUT2D eigenvalue weighted by molar-refractivity contribution is 6.06. The Morgan fingerprint density at radius 1 is 1.00 bits per heavy atom. The molecule has 7 heteroatoms. The predicted molar refractivity (Wildman–Crippen MR) is 93.1 cm³/mol. The third-order valence-corrected chi connectivity index (χ3v) is 4.51. The smallest absolute Gasteiger partial charge is 0.395 e. The summed E-state index contributed by atoms with van der Waals surface area (Å²) in [6, 6.07) is 11.6. The highest BCUT2D eigenvalue weighted by Gasteiger charge is 2.43. The van der Waals surface area contributed by atoms with Gasteiger partial charge in [0, 0.05) is 18.7 Å². The van der Waals surface area contributed by atoms with E-state index in [1.807, 2.05) is 24.3 Å². The molecule has 0 bridgehead atoms. The summed E-state index contributed by atoms with van der Waals surface area (Å²) in [5.41, 5.74) is 1.88. The van der Waals surface area contributed by atoms with Gasteiger partial charge in [-0.1, -0.05) is 12.1 Å². The molecule has 0 saturated carbocycles. The number of amides is 1. The number of carbonyl (C=O) groups excluding carboxylic acids is 1. The maximum atomic E-state index is 13.1. The number of carbonyl (C=O) groups is 1. The van der Waals surface area contributed by atoms with Gasteiger partial charge in [0.25, 0.3) is 5.91 Å². The number of hydrogen-bond donors (Lipinski definition) is 1. The lowest BCUT2D eigenvalue weighted by Gasteiger charge is -2.30. The first kappa shape index (κ1) is 16.6. The van der Waals surface area contributed by atoms with Crippen molar-refractivity contribution in [1.82, 2.24) is 0 Å². The number of nitrogens with one attached hydrogen (secondary N) is 1. The van der Waals surface area contributed by atoms with Crippen molar-refractivity contribution >= 4 is 17.3 Å². The zero-order valence-electron chi connectivity index (χ0n) is 14.0. The lowest BCUT2D eigenvalue weighted by molar-refractivity contribution is -0.286. The normalized spacial score (nSPS) is 17.8. The molecule has 0 aromatic heterocycles. The third-order valence-electron chi connectivity index (χ3n) is 4.51. The number of fused-ring (bicyclic) bond motifs is 1. The van der Waals surface area contributed by atoms with Crippen LogP contribution < -0.4 is 19.7 Å². The van der Waals surface area contributed by atoms with Gasteiger partial charge in [-0.05, 0) is 49.6 Å². The highest BCUT2D eigenvalue weighted by atomic mass is 19.3. The SMILES string of the molecule is O=C(Nc1ccccc1N1CCCCC1)c1ccc2c(c1)OC(F)(F)O2. The number of alkyl halides is 2. The fraction of sp³-hybridized carbons (Fsp3) is 0.316. The minimum absolute atomic E-state index is 0.0831. The molecule has 1 fully saturated rings. The fourth-order valence-electron chi connectivity index (χ4n) is 3.27. The van der Waals surface area contributed by atoms with Gasteiger partial charge in [-0.3, -0.25) is 4.79 Å². The Morgan fingerprint density at radius 2 is 1.73 bits per heavy atom. The number of halogens is 2. The maximum Gasteiger partial charge on any atom is 0.586 e. The van der Waals surface area contributed by atoms with Crippen molar-refractivity contribution in [2.45, 2.75) is 25.6 Å². The van der Waals surface area contributed by atoms with Crippen LogP contribution in [-0.2, 0) is 0 Å². The molecule has 5 nitrogen and oxygen atoms in total. The van der Waals surface area contributed by atoms with Crippen molar-refractivity contribution < 1.29 is 23.0 Å². The van der Waals surface area contributed by atoms with Crippen molar-refractivity contribution in [3.63, 3.8) is 0 Å². The molecule has 0 atom stereocenters. The molecule has 0 unspecified atom stereocenters. The van der Waals surface area contributed by atoms with Gasteiger partial charge in [0.1, 0.15) is 0 Å². The molecule has 2 aromatic carbocycles. The van der Waals surface area contributed by atoms with Gasteiger partial charge in [-0.25, -0.2) is 0 Å². The minimum Gasteiger partial charge on any atom is -0.395 e. The summed E-state index contributed by atoms with van der Waals surface area (Å²) < 4.78 is 35.0. The molecule has 26 heavy (non-hydrogen) atoms. The number of ether oxygens (including phenoxy) is 2. The van der Waals surface area contributed by atoms with Crippen LogP contribution in [0.15, 0.2) is 42.5 Å². The summed E-state index contributed by atoms with van der Waals surface area (Å²) in [6.45, 7) is 1.90. The van der Waals surface area contributed by atoms with Crippen molar-refractivity contribution in [3.8, 4) is 11.5 Å². The first-order valence-corrected chi connectivity index (χ1v) is 8.57. The highest BCUT2D eigenvalue weighted by Crippen LogP contribution is 2.41. The van der Waals surface area contributed by atoms with Crippen LogP contribution in [0.4, 0.5) is 20.2 Å². The summed E-state index contributed by atoms with van der Waals surface area (Å²) in [7, 11) is 0. The van der Waals surface area contributed by atoms with E-state index in [9.17, 15) is 13.6 Å². The Labute approximate surface area is 149 Å². The van der Waals surface area contributed by atoms with Crippen LogP contribution in [0.1, 0.15) is 29.6 Å². The van der Waals surface area contributed by atoms with Crippen LogP contribution in [0.25, 0.3) is 0 Å². The summed E-state index contributed by atoms with van der Waals surface area (Å²) in [5, 5.41) is 2.87. The average molecular weight is 360 g/mol. The zero-order chi connectivity index (χ0) is 18.1. The molecule has 1 N–H and O–H groups in total. The second-order valence-corrected chi connectivity index (χ2v) is 6.35. The molecule has 2 aliphatic heterocycles. The Balaban J connectivity index is 1.54. The van der Waals surface area contributed by atoms with Crippen LogP contribution in [-0.4, -0.2) is 25.3 Å². The van der Waals surface area contributed by atoms with Gasteiger partial charge >= 0.3 is 6.29 Å². The lowest BCUT2D eigenvalue weighted by atomic mass is 10.1. The lowest BCUT2D eigenvalue weighted by Crippen LogP contribution is -2.30. The predicted octanol–water partition coefficient (Wildman–Crippen LogP) is 4.25.